The van der Waals surface area contributed by atoms with Gasteiger partial charge >= 0.3 is 0 Å². The van der Waals surface area contributed by atoms with E-state index in [1.165, 1.54) is 16.3 Å². The number of benzene rings is 1. The number of aryl methyl sites for hydroxylation is 1. The molecular weight excluding hydrogens is 214 g/mol. The number of hydrogen-bond acceptors (Lipinski definition) is 1. The average Bonchev–Trinajstić information content (AvgIpc) is 2.07. The lowest BCUT2D eigenvalue weighted by Crippen LogP contribution is -1.80. The van der Waals surface area contributed by atoms with Crippen LogP contribution in [0.15, 0.2) is 35.1 Å². The number of pyridine rings is 1. The van der Waals surface area contributed by atoms with E-state index in [-0.39, 0.29) is 0 Å². The van der Waals surface area contributed by atoms with Gasteiger partial charge in [-0.15, -0.1) is 0 Å². The van der Waals surface area contributed by atoms with Crippen LogP contribution in [0.3, 0.4) is 0 Å². The summed E-state index contributed by atoms with van der Waals surface area (Å²) in [6.45, 7) is 2.07. The zero-order valence-electron chi connectivity index (χ0n) is 6.71. The van der Waals surface area contributed by atoms with Gasteiger partial charge in [-0.3, -0.25) is 4.98 Å². The summed E-state index contributed by atoms with van der Waals surface area (Å²) in [7, 11) is 0. The Morgan fingerprint density at radius 1 is 1.25 bits per heavy atom. The molecule has 2 rings (SSSR count). The molecule has 0 atom stereocenters. The quantitative estimate of drug-likeness (QED) is 0.666. The lowest BCUT2D eigenvalue weighted by molar-refractivity contribution is 1.31. The SMILES string of the molecule is Cc1cncc2ccc(Br)cc12. The molecule has 0 unspecified atom stereocenters. The molecule has 0 aliphatic carbocycles. The standard InChI is InChI=1S/C10H8BrN/c1-7-5-12-6-8-2-3-9(11)4-10(7)8/h2-6H,1H3. The molecule has 1 aromatic carbocycles. The number of fused-ring (bicyclic) bond motifs is 1. The van der Waals surface area contributed by atoms with Gasteiger partial charge in [-0.2, -0.15) is 0 Å². The molecule has 1 aromatic heterocycles. The van der Waals surface area contributed by atoms with E-state index in [9.17, 15) is 0 Å². The van der Waals surface area contributed by atoms with E-state index in [1.807, 2.05) is 18.5 Å². The second-order valence-electron chi connectivity index (χ2n) is 2.82. The molecule has 60 valence electrons. The summed E-state index contributed by atoms with van der Waals surface area (Å²) in [5.74, 6) is 0. The summed E-state index contributed by atoms with van der Waals surface area (Å²) < 4.78 is 1.12. The molecule has 0 amide bonds. The molecule has 12 heavy (non-hydrogen) atoms. The summed E-state index contributed by atoms with van der Waals surface area (Å²) in [6, 6.07) is 6.22. The molecule has 0 saturated heterocycles. The second-order valence-corrected chi connectivity index (χ2v) is 3.74. The first-order valence-electron chi connectivity index (χ1n) is 3.77. The third-order valence-corrected chi connectivity index (χ3v) is 2.42. The molecule has 1 heterocycles. The highest BCUT2D eigenvalue weighted by molar-refractivity contribution is 9.10. The highest BCUT2D eigenvalue weighted by Gasteiger charge is 1.96. The fourth-order valence-electron chi connectivity index (χ4n) is 1.28. The van der Waals surface area contributed by atoms with E-state index in [0.717, 1.165) is 4.47 Å². The van der Waals surface area contributed by atoms with E-state index in [1.54, 1.807) is 0 Å². The van der Waals surface area contributed by atoms with Crippen molar-refractivity contribution in [1.82, 2.24) is 4.98 Å². The predicted octanol–water partition coefficient (Wildman–Crippen LogP) is 3.31. The van der Waals surface area contributed by atoms with E-state index < -0.39 is 0 Å². The summed E-state index contributed by atoms with van der Waals surface area (Å²) in [6.07, 6.45) is 3.77. The zero-order chi connectivity index (χ0) is 8.55. The Morgan fingerprint density at radius 2 is 2.08 bits per heavy atom. The van der Waals surface area contributed by atoms with Gasteiger partial charge in [0.2, 0.25) is 0 Å². The summed E-state index contributed by atoms with van der Waals surface area (Å²) in [4.78, 5) is 4.13. The minimum absolute atomic E-state index is 1.12. The first-order chi connectivity index (χ1) is 5.77. The third-order valence-electron chi connectivity index (χ3n) is 1.92. The molecule has 0 aliphatic heterocycles. The van der Waals surface area contributed by atoms with Crippen LogP contribution in [0.2, 0.25) is 0 Å². The lowest BCUT2D eigenvalue weighted by atomic mass is 10.1. The van der Waals surface area contributed by atoms with Gasteiger partial charge in [0.15, 0.2) is 0 Å². The Hall–Kier alpha value is -0.890. The smallest absolute Gasteiger partial charge is 0.0346 e. The maximum atomic E-state index is 4.13. The van der Waals surface area contributed by atoms with Gasteiger partial charge in [0.05, 0.1) is 0 Å². The Kier molecular flexibility index (Phi) is 1.85. The molecular formula is C10H8BrN. The van der Waals surface area contributed by atoms with E-state index in [2.05, 4.69) is 40.0 Å². The van der Waals surface area contributed by atoms with Gasteiger partial charge in [0, 0.05) is 22.3 Å². The van der Waals surface area contributed by atoms with Crippen molar-refractivity contribution in [3.05, 3.63) is 40.6 Å². The van der Waals surface area contributed by atoms with Gasteiger partial charge in [-0.25, -0.2) is 0 Å². The maximum Gasteiger partial charge on any atom is 0.0346 e. The largest absolute Gasteiger partial charge is 0.264 e. The number of nitrogens with zero attached hydrogens (tertiary/aromatic N) is 1. The lowest BCUT2D eigenvalue weighted by Gasteiger charge is -2.00. The van der Waals surface area contributed by atoms with Crippen LogP contribution in [-0.4, -0.2) is 4.98 Å². The molecule has 0 spiro atoms. The number of hydrogen-bond donors (Lipinski definition) is 0. The first kappa shape index (κ1) is 7.74. The van der Waals surface area contributed by atoms with Crippen molar-refractivity contribution >= 4 is 26.7 Å². The van der Waals surface area contributed by atoms with Crippen LogP contribution < -0.4 is 0 Å². The highest BCUT2D eigenvalue weighted by atomic mass is 79.9. The molecule has 0 N–H and O–H groups in total. The van der Waals surface area contributed by atoms with Crippen molar-refractivity contribution < 1.29 is 0 Å². The van der Waals surface area contributed by atoms with Gasteiger partial charge in [0.25, 0.3) is 0 Å². The van der Waals surface area contributed by atoms with Gasteiger partial charge < -0.3 is 0 Å². The Bertz CT molecular complexity index is 423. The van der Waals surface area contributed by atoms with Gasteiger partial charge in [0.1, 0.15) is 0 Å². The van der Waals surface area contributed by atoms with Crippen molar-refractivity contribution in [3.8, 4) is 0 Å². The van der Waals surface area contributed by atoms with Gasteiger partial charge in [-0.05, 0) is 30.0 Å². The summed E-state index contributed by atoms with van der Waals surface area (Å²) in [5, 5.41) is 2.46. The third kappa shape index (κ3) is 1.23. The minimum Gasteiger partial charge on any atom is -0.264 e. The first-order valence-corrected chi connectivity index (χ1v) is 4.56. The van der Waals surface area contributed by atoms with Gasteiger partial charge in [-0.1, -0.05) is 22.0 Å². The fraction of sp³-hybridized carbons (Fsp3) is 0.100. The topological polar surface area (TPSA) is 12.9 Å². The highest BCUT2D eigenvalue weighted by Crippen LogP contribution is 2.21. The fourth-order valence-corrected chi connectivity index (χ4v) is 1.64. The second kappa shape index (κ2) is 2.87. The molecule has 0 saturated carbocycles. The normalized spacial score (nSPS) is 10.5. The number of aromatic nitrogens is 1. The van der Waals surface area contributed by atoms with Crippen molar-refractivity contribution in [2.45, 2.75) is 6.92 Å². The summed E-state index contributed by atoms with van der Waals surface area (Å²) in [5.41, 5.74) is 1.22. The van der Waals surface area contributed by atoms with Crippen LogP contribution >= 0.6 is 15.9 Å². The molecule has 2 heteroatoms. The van der Waals surface area contributed by atoms with Crippen molar-refractivity contribution in [1.29, 1.82) is 0 Å². The molecule has 0 fully saturated rings. The zero-order valence-corrected chi connectivity index (χ0v) is 8.30. The van der Waals surface area contributed by atoms with Crippen LogP contribution in [0.25, 0.3) is 10.8 Å². The molecule has 0 radical (unpaired) electrons. The molecule has 0 aliphatic rings. The maximum absolute atomic E-state index is 4.13. The van der Waals surface area contributed by atoms with Crippen molar-refractivity contribution in [2.75, 3.05) is 0 Å². The monoisotopic (exact) mass is 221 g/mol. The molecule has 0 bridgehead atoms. The number of rotatable bonds is 0. The van der Waals surface area contributed by atoms with Crippen LogP contribution in [0.5, 0.6) is 0 Å². The predicted molar refractivity (Wildman–Crippen MR) is 54.2 cm³/mol. The van der Waals surface area contributed by atoms with E-state index in [0.29, 0.717) is 0 Å². The molecule has 1 nitrogen and oxygen atoms in total. The van der Waals surface area contributed by atoms with Crippen LogP contribution in [0.4, 0.5) is 0 Å². The van der Waals surface area contributed by atoms with Crippen molar-refractivity contribution in [2.24, 2.45) is 0 Å². The Balaban J connectivity index is 2.88. The van der Waals surface area contributed by atoms with Crippen LogP contribution in [-0.2, 0) is 0 Å². The molecule has 2 aromatic rings. The summed E-state index contributed by atoms with van der Waals surface area (Å²) >= 11 is 3.45. The van der Waals surface area contributed by atoms with Crippen LogP contribution in [0, 0.1) is 6.92 Å². The van der Waals surface area contributed by atoms with Crippen molar-refractivity contribution in [3.63, 3.8) is 0 Å². The Labute approximate surface area is 79.6 Å². The minimum atomic E-state index is 1.12. The Morgan fingerprint density at radius 3 is 2.92 bits per heavy atom. The number of halogens is 1. The van der Waals surface area contributed by atoms with Crippen LogP contribution in [0.1, 0.15) is 5.56 Å². The van der Waals surface area contributed by atoms with E-state index in [4.69, 9.17) is 0 Å². The average molecular weight is 222 g/mol. The van der Waals surface area contributed by atoms with E-state index >= 15 is 0 Å².